The van der Waals surface area contributed by atoms with Gasteiger partial charge in [-0.1, -0.05) is 17.7 Å². The molecule has 3 rings (SSSR count). The number of ether oxygens (including phenoxy) is 3. The number of nitrogens with zero attached hydrogens (tertiary/aromatic N) is 1. The lowest BCUT2D eigenvalue weighted by molar-refractivity contribution is 0.0417. The van der Waals surface area contributed by atoms with E-state index in [0.29, 0.717) is 5.01 Å². The van der Waals surface area contributed by atoms with E-state index in [1.165, 1.54) is 23.7 Å². The van der Waals surface area contributed by atoms with Crippen LogP contribution >= 0.6 is 11.3 Å². The molecule has 0 saturated carbocycles. The summed E-state index contributed by atoms with van der Waals surface area (Å²) in [5.41, 5.74) is 1.56. The van der Waals surface area contributed by atoms with Gasteiger partial charge in [0.05, 0.1) is 12.9 Å². The fourth-order valence-electron chi connectivity index (χ4n) is 2.30. The molecule has 0 N–H and O–H groups in total. The van der Waals surface area contributed by atoms with Crippen molar-refractivity contribution in [2.24, 2.45) is 0 Å². The number of aromatic nitrogens is 1. The maximum atomic E-state index is 12.2. The summed E-state index contributed by atoms with van der Waals surface area (Å²) in [5, 5.41) is 2.25. The van der Waals surface area contributed by atoms with Gasteiger partial charge in [0, 0.05) is 5.38 Å². The Morgan fingerprint density at radius 2 is 1.86 bits per heavy atom. The summed E-state index contributed by atoms with van der Waals surface area (Å²) in [6.07, 6.45) is 1.35. The average molecular weight is 401 g/mol. The normalized spacial score (nSPS) is 10.5. The lowest BCUT2D eigenvalue weighted by atomic mass is 10.2. The molecule has 0 fully saturated rings. The highest BCUT2D eigenvalue weighted by Crippen LogP contribution is 2.18. The summed E-state index contributed by atoms with van der Waals surface area (Å²) in [6, 6.07) is 9.15. The molecule has 0 aliphatic rings. The van der Waals surface area contributed by atoms with Gasteiger partial charge in [-0.3, -0.25) is 0 Å². The first-order chi connectivity index (χ1) is 13.6. The Labute approximate surface area is 165 Å². The highest BCUT2D eigenvalue weighted by atomic mass is 32.1. The number of furan rings is 1. The third-order valence-corrected chi connectivity index (χ3v) is 4.54. The van der Waals surface area contributed by atoms with E-state index in [4.69, 9.17) is 18.6 Å². The number of hydrogen-bond donors (Lipinski definition) is 0. The lowest BCUT2D eigenvalue weighted by Gasteiger charge is -2.04. The molecule has 146 valence electrons. The fraction of sp³-hybridized carbons (Fsp3) is 0.250. The van der Waals surface area contributed by atoms with E-state index in [0.717, 1.165) is 11.3 Å². The van der Waals surface area contributed by atoms with Crippen molar-refractivity contribution in [2.75, 3.05) is 6.61 Å². The predicted molar refractivity (Wildman–Crippen MR) is 101 cm³/mol. The molecule has 2 heterocycles. The predicted octanol–water partition coefficient (Wildman–Crippen LogP) is 4.16. The fourth-order valence-corrected chi connectivity index (χ4v) is 2.97. The van der Waals surface area contributed by atoms with E-state index in [-0.39, 0.29) is 36.8 Å². The number of esters is 2. The molecular formula is C20H19NO6S. The van der Waals surface area contributed by atoms with Crippen molar-refractivity contribution in [3.05, 3.63) is 69.6 Å². The Morgan fingerprint density at radius 3 is 2.61 bits per heavy atom. The van der Waals surface area contributed by atoms with Crippen molar-refractivity contribution < 1.29 is 28.2 Å². The Morgan fingerprint density at radius 1 is 1.07 bits per heavy atom. The number of rotatable bonds is 8. The van der Waals surface area contributed by atoms with Crippen LogP contribution in [0.25, 0.3) is 0 Å². The standard InChI is InChI=1S/C20H19NO6S/c1-3-24-19(22)15-8-9-25-17(15)10-27-20(23)16-12-28-18(21-16)11-26-14-6-4-13(2)5-7-14/h4-9,12H,3,10-11H2,1-2H3. The summed E-state index contributed by atoms with van der Waals surface area (Å²) in [5.74, 6) is -0.172. The first-order valence-corrected chi connectivity index (χ1v) is 9.49. The maximum Gasteiger partial charge on any atom is 0.358 e. The van der Waals surface area contributed by atoms with E-state index in [1.54, 1.807) is 12.3 Å². The third kappa shape index (κ3) is 4.98. The van der Waals surface area contributed by atoms with E-state index in [9.17, 15) is 9.59 Å². The second kappa shape index (κ2) is 9.18. The molecule has 7 nitrogen and oxygen atoms in total. The van der Waals surface area contributed by atoms with Crippen LogP contribution in [-0.2, 0) is 22.7 Å². The Hall–Kier alpha value is -3.13. The van der Waals surface area contributed by atoms with Gasteiger partial charge < -0.3 is 18.6 Å². The number of carbonyl (C=O) groups is 2. The quantitative estimate of drug-likeness (QED) is 0.524. The number of hydrogen-bond acceptors (Lipinski definition) is 8. The lowest BCUT2D eigenvalue weighted by Crippen LogP contribution is -2.10. The van der Waals surface area contributed by atoms with Crippen molar-refractivity contribution in [1.82, 2.24) is 4.98 Å². The van der Waals surface area contributed by atoms with Gasteiger partial charge in [0.25, 0.3) is 0 Å². The molecular weight excluding hydrogens is 382 g/mol. The van der Waals surface area contributed by atoms with Crippen LogP contribution in [0.5, 0.6) is 5.75 Å². The van der Waals surface area contributed by atoms with Crippen molar-refractivity contribution in [1.29, 1.82) is 0 Å². The Kier molecular flexibility index (Phi) is 6.44. The monoisotopic (exact) mass is 401 g/mol. The summed E-state index contributed by atoms with van der Waals surface area (Å²) in [7, 11) is 0. The van der Waals surface area contributed by atoms with Gasteiger partial charge in [-0.15, -0.1) is 11.3 Å². The van der Waals surface area contributed by atoms with Gasteiger partial charge in [0.15, 0.2) is 18.1 Å². The molecule has 0 bridgehead atoms. The number of aryl methyl sites for hydroxylation is 1. The van der Waals surface area contributed by atoms with Crippen LogP contribution in [0.3, 0.4) is 0 Å². The maximum absolute atomic E-state index is 12.2. The zero-order valence-electron chi connectivity index (χ0n) is 15.5. The molecule has 0 unspecified atom stereocenters. The van der Waals surface area contributed by atoms with Crippen LogP contribution < -0.4 is 4.74 Å². The number of thiazole rings is 1. The minimum Gasteiger partial charge on any atom is -0.486 e. The Balaban J connectivity index is 1.54. The van der Waals surface area contributed by atoms with E-state index >= 15 is 0 Å². The first-order valence-electron chi connectivity index (χ1n) is 8.61. The van der Waals surface area contributed by atoms with Crippen molar-refractivity contribution in [3.8, 4) is 5.75 Å². The van der Waals surface area contributed by atoms with Gasteiger partial charge in [-0.25, -0.2) is 14.6 Å². The Bertz CT molecular complexity index is 944. The summed E-state index contributed by atoms with van der Waals surface area (Å²) < 4.78 is 21.0. The van der Waals surface area contributed by atoms with Crippen LogP contribution in [0.2, 0.25) is 0 Å². The minimum absolute atomic E-state index is 0.178. The summed E-state index contributed by atoms with van der Waals surface area (Å²) in [6.45, 7) is 4.02. The highest BCUT2D eigenvalue weighted by molar-refractivity contribution is 7.09. The van der Waals surface area contributed by atoms with Crippen LogP contribution in [0, 0.1) is 6.92 Å². The highest BCUT2D eigenvalue weighted by Gasteiger charge is 2.19. The van der Waals surface area contributed by atoms with E-state index in [1.807, 2.05) is 31.2 Å². The topological polar surface area (TPSA) is 87.9 Å². The second-order valence-corrected chi connectivity index (χ2v) is 6.72. The van der Waals surface area contributed by atoms with Crippen molar-refractivity contribution in [3.63, 3.8) is 0 Å². The smallest absolute Gasteiger partial charge is 0.358 e. The molecule has 28 heavy (non-hydrogen) atoms. The van der Waals surface area contributed by atoms with Crippen LogP contribution in [0.1, 0.15) is 44.1 Å². The molecule has 1 aromatic carbocycles. The summed E-state index contributed by atoms with van der Waals surface area (Å²) >= 11 is 1.30. The zero-order valence-corrected chi connectivity index (χ0v) is 16.3. The molecule has 0 spiro atoms. The number of carbonyl (C=O) groups excluding carboxylic acids is 2. The molecule has 8 heteroatoms. The molecule has 3 aromatic rings. The SMILES string of the molecule is CCOC(=O)c1ccoc1COC(=O)c1csc(COc2ccc(C)cc2)n1. The largest absolute Gasteiger partial charge is 0.486 e. The third-order valence-electron chi connectivity index (χ3n) is 3.72. The zero-order chi connectivity index (χ0) is 19.9. The molecule has 0 saturated heterocycles. The van der Waals surface area contributed by atoms with Gasteiger partial charge in [0.1, 0.15) is 22.9 Å². The van der Waals surface area contributed by atoms with Gasteiger partial charge in [-0.05, 0) is 32.0 Å². The van der Waals surface area contributed by atoms with Crippen molar-refractivity contribution in [2.45, 2.75) is 27.1 Å². The molecule has 0 aliphatic carbocycles. The average Bonchev–Trinajstić information content (AvgIpc) is 3.35. The number of benzene rings is 1. The molecule has 0 atom stereocenters. The molecule has 0 aliphatic heterocycles. The minimum atomic E-state index is -0.607. The van der Waals surface area contributed by atoms with E-state index in [2.05, 4.69) is 4.98 Å². The van der Waals surface area contributed by atoms with Gasteiger partial charge in [0.2, 0.25) is 0 Å². The van der Waals surface area contributed by atoms with Crippen LogP contribution in [-0.4, -0.2) is 23.5 Å². The van der Waals surface area contributed by atoms with E-state index < -0.39 is 11.9 Å². The van der Waals surface area contributed by atoms with Gasteiger partial charge >= 0.3 is 11.9 Å². The molecule has 2 aromatic heterocycles. The van der Waals surface area contributed by atoms with Gasteiger partial charge in [-0.2, -0.15) is 0 Å². The van der Waals surface area contributed by atoms with Crippen LogP contribution in [0.15, 0.2) is 46.4 Å². The summed E-state index contributed by atoms with van der Waals surface area (Å²) in [4.78, 5) is 28.2. The second-order valence-electron chi connectivity index (χ2n) is 5.78. The van der Waals surface area contributed by atoms with Crippen molar-refractivity contribution >= 4 is 23.3 Å². The first kappa shape index (κ1) is 19.6. The van der Waals surface area contributed by atoms with Crippen LogP contribution in [0.4, 0.5) is 0 Å². The molecule has 0 amide bonds. The molecule has 0 radical (unpaired) electrons.